The summed E-state index contributed by atoms with van der Waals surface area (Å²) in [5.41, 5.74) is 6.71. The van der Waals surface area contributed by atoms with Gasteiger partial charge in [-0.15, -0.1) is 0 Å². The number of nitrogens with one attached hydrogen (secondary N) is 1. The average Bonchev–Trinajstić information content (AvgIpc) is 2.46. The second kappa shape index (κ2) is 7.23. The van der Waals surface area contributed by atoms with Gasteiger partial charge in [-0.2, -0.15) is 0 Å². The monoisotopic (exact) mass is 338 g/mol. The standard InChI is InChI=1S/C16H23BrN2O/c1-2-15(11-3-7-13(17)8-4-11)19-14-9-5-12(6-10-14)16(18)20/h3-4,7-8,12,14-15,19H,2,5-6,9-10H2,1H3,(H2,18,20). The van der Waals surface area contributed by atoms with E-state index >= 15 is 0 Å². The molecule has 0 saturated heterocycles. The van der Waals surface area contributed by atoms with E-state index in [2.05, 4.69) is 52.4 Å². The normalized spacial score (nSPS) is 24.3. The zero-order chi connectivity index (χ0) is 14.5. The lowest BCUT2D eigenvalue weighted by atomic mass is 9.85. The van der Waals surface area contributed by atoms with Gasteiger partial charge in [0.2, 0.25) is 5.91 Å². The van der Waals surface area contributed by atoms with Gasteiger partial charge in [0.25, 0.3) is 0 Å². The van der Waals surface area contributed by atoms with Crippen LogP contribution in [0.25, 0.3) is 0 Å². The summed E-state index contributed by atoms with van der Waals surface area (Å²) in [7, 11) is 0. The number of hydrogen-bond donors (Lipinski definition) is 2. The van der Waals surface area contributed by atoms with Crippen molar-refractivity contribution in [3.63, 3.8) is 0 Å². The second-order valence-corrected chi connectivity index (χ2v) is 6.55. The van der Waals surface area contributed by atoms with E-state index in [0.29, 0.717) is 12.1 Å². The number of hydrogen-bond acceptors (Lipinski definition) is 2. The van der Waals surface area contributed by atoms with E-state index in [1.807, 2.05) is 0 Å². The summed E-state index contributed by atoms with van der Waals surface area (Å²) in [4.78, 5) is 11.2. The maximum Gasteiger partial charge on any atom is 0.220 e. The smallest absolute Gasteiger partial charge is 0.220 e. The summed E-state index contributed by atoms with van der Waals surface area (Å²) in [6, 6.07) is 9.39. The van der Waals surface area contributed by atoms with E-state index in [1.54, 1.807) is 0 Å². The summed E-state index contributed by atoms with van der Waals surface area (Å²) in [5.74, 6) is -0.0517. The lowest BCUT2D eigenvalue weighted by Gasteiger charge is -2.31. The molecule has 0 radical (unpaired) electrons. The molecule has 1 fully saturated rings. The summed E-state index contributed by atoms with van der Waals surface area (Å²) in [6.07, 6.45) is 4.99. The van der Waals surface area contributed by atoms with Gasteiger partial charge in [-0.05, 0) is 49.8 Å². The van der Waals surface area contributed by atoms with Crippen LogP contribution in [0.2, 0.25) is 0 Å². The zero-order valence-corrected chi connectivity index (χ0v) is 13.5. The first-order chi connectivity index (χ1) is 9.60. The highest BCUT2D eigenvalue weighted by molar-refractivity contribution is 9.10. The summed E-state index contributed by atoms with van der Waals surface area (Å²) in [5, 5.41) is 3.73. The molecule has 1 aromatic rings. The first-order valence-corrected chi connectivity index (χ1v) is 8.20. The van der Waals surface area contributed by atoms with Crippen molar-refractivity contribution in [1.82, 2.24) is 5.32 Å². The number of carbonyl (C=O) groups excluding carboxylic acids is 1. The molecule has 110 valence electrons. The number of halogens is 1. The highest BCUT2D eigenvalue weighted by atomic mass is 79.9. The van der Waals surface area contributed by atoms with Crippen LogP contribution in [0.1, 0.15) is 50.6 Å². The van der Waals surface area contributed by atoms with Gasteiger partial charge < -0.3 is 11.1 Å². The van der Waals surface area contributed by atoms with Crippen LogP contribution >= 0.6 is 15.9 Å². The molecule has 1 aromatic carbocycles. The van der Waals surface area contributed by atoms with E-state index in [9.17, 15) is 4.79 Å². The van der Waals surface area contributed by atoms with Gasteiger partial charge in [0, 0.05) is 22.5 Å². The predicted octanol–water partition coefficient (Wildman–Crippen LogP) is 3.53. The van der Waals surface area contributed by atoms with Gasteiger partial charge in [-0.1, -0.05) is 35.0 Å². The van der Waals surface area contributed by atoms with Gasteiger partial charge in [-0.3, -0.25) is 4.79 Å². The molecule has 0 aliphatic heterocycles. The van der Waals surface area contributed by atoms with Crippen molar-refractivity contribution in [1.29, 1.82) is 0 Å². The fraction of sp³-hybridized carbons (Fsp3) is 0.562. The second-order valence-electron chi connectivity index (χ2n) is 5.63. The lowest BCUT2D eigenvalue weighted by Crippen LogP contribution is -2.38. The first kappa shape index (κ1) is 15.5. The topological polar surface area (TPSA) is 55.1 Å². The summed E-state index contributed by atoms with van der Waals surface area (Å²) >= 11 is 3.47. The van der Waals surface area contributed by atoms with Crippen LogP contribution in [0.4, 0.5) is 0 Å². The van der Waals surface area contributed by atoms with Crippen LogP contribution in [0.3, 0.4) is 0 Å². The van der Waals surface area contributed by atoms with E-state index in [4.69, 9.17) is 5.73 Å². The van der Waals surface area contributed by atoms with Crippen molar-refractivity contribution in [3.05, 3.63) is 34.3 Å². The molecule has 1 aliphatic carbocycles. The Hall–Kier alpha value is -0.870. The molecule has 1 unspecified atom stereocenters. The maximum atomic E-state index is 11.2. The fourth-order valence-corrected chi connectivity index (χ4v) is 3.24. The van der Waals surface area contributed by atoms with Crippen LogP contribution in [-0.2, 0) is 4.79 Å². The molecule has 1 amide bonds. The fourth-order valence-electron chi connectivity index (χ4n) is 2.97. The summed E-state index contributed by atoms with van der Waals surface area (Å²) < 4.78 is 1.11. The molecule has 0 spiro atoms. The third-order valence-corrected chi connectivity index (χ3v) is 4.78. The van der Waals surface area contributed by atoms with Crippen LogP contribution < -0.4 is 11.1 Å². The Morgan fingerprint density at radius 1 is 1.30 bits per heavy atom. The minimum absolute atomic E-state index is 0.0841. The largest absolute Gasteiger partial charge is 0.369 e. The van der Waals surface area contributed by atoms with E-state index in [-0.39, 0.29) is 11.8 Å². The van der Waals surface area contributed by atoms with Crippen molar-refractivity contribution in [3.8, 4) is 0 Å². The Kier molecular flexibility index (Phi) is 5.61. The molecule has 0 aromatic heterocycles. The van der Waals surface area contributed by atoms with Crippen LogP contribution in [0.5, 0.6) is 0 Å². The lowest BCUT2D eigenvalue weighted by molar-refractivity contribution is -0.122. The highest BCUT2D eigenvalue weighted by Gasteiger charge is 2.25. The zero-order valence-electron chi connectivity index (χ0n) is 11.9. The minimum Gasteiger partial charge on any atom is -0.369 e. The minimum atomic E-state index is -0.136. The number of benzene rings is 1. The number of carbonyl (C=O) groups is 1. The van der Waals surface area contributed by atoms with E-state index in [0.717, 1.165) is 36.6 Å². The highest BCUT2D eigenvalue weighted by Crippen LogP contribution is 2.27. The van der Waals surface area contributed by atoms with Crippen LogP contribution in [0, 0.1) is 5.92 Å². The Morgan fingerprint density at radius 2 is 1.90 bits per heavy atom. The number of rotatable bonds is 5. The Balaban J connectivity index is 1.91. The third kappa shape index (κ3) is 4.06. The Bertz CT molecular complexity index is 438. The third-order valence-electron chi connectivity index (χ3n) is 4.25. The van der Waals surface area contributed by atoms with E-state index < -0.39 is 0 Å². The molecule has 2 rings (SSSR count). The molecule has 0 heterocycles. The molecule has 20 heavy (non-hydrogen) atoms. The molecule has 3 nitrogen and oxygen atoms in total. The number of amides is 1. The number of primary amides is 1. The Labute approximate surface area is 129 Å². The van der Waals surface area contributed by atoms with Crippen molar-refractivity contribution in [2.45, 2.75) is 51.1 Å². The molecule has 0 bridgehead atoms. The molecule has 1 saturated carbocycles. The van der Waals surface area contributed by atoms with Gasteiger partial charge >= 0.3 is 0 Å². The van der Waals surface area contributed by atoms with Crippen molar-refractivity contribution >= 4 is 21.8 Å². The number of nitrogens with two attached hydrogens (primary N) is 1. The van der Waals surface area contributed by atoms with Crippen molar-refractivity contribution < 1.29 is 4.79 Å². The molecule has 4 heteroatoms. The molecule has 3 N–H and O–H groups in total. The van der Waals surface area contributed by atoms with Crippen LogP contribution in [0.15, 0.2) is 28.7 Å². The molecular weight excluding hydrogens is 316 g/mol. The Morgan fingerprint density at radius 3 is 2.40 bits per heavy atom. The van der Waals surface area contributed by atoms with Crippen molar-refractivity contribution in [2.75, 3.05) is 0 Å². The quantitative estimate of drug-likeness (QED) is 0.862. The summed E-state index contributed by atoms with van der Waals surface area (Å²) in [6.45, 7) is 2.20. The molecular formula is C16H23BrN2O. The first-order valence-electron chi connectivity index (χ1n) is 7.41. The molecule has 1 aliphatic rings. The van der Waals surface area contributed by atoms with E-state index in [1.165, 1.54) is 5.56 Å². The van der Waals surface area contributed by atoms with Crippen molar-refractivity contribution in [2.24, 2.45) is 11.7 Å². The predicted molar refractivity (Wildman–Crippen MR) is 85.3 cm³/mol. The maximum absolute atomic E-state index is 11.2. The van der Waals surface area contributed by atoms with Gasteiger partial charge in [0.15, 0.2) is 0 Å². The van der Waals surface area contributed by atoms with Gasteiger partial charge in [-0.25, -0.2) is 0 Å². The molecule has 1 atom stereocenters. The van der Waals surface area contributed by atoms with Gasteiger partial charge in [0.05, 0.1) is 0 Å². The van der Waals surface area contributed by atoms with Gasteiger partial charge in [0.1, 0.15) is 0 Å². The average molecular weight is 339 g/mol. The van der Waals surface area contributed by atoms with Crippen LogP contribution in [-0.4, -0.2) is 11.9 Å². The SMILES string of the molecule is CCC(NC1CCC(C(N)=O)CC1)c1ccc(Br)cc1.